The monoisotopic (exact) mass is 472 g/mol. The van der Waals surface area contributed by atoms with Crippen LogP contribution in [0.3, 0.4) is 0 Å². The number of alkyl halides is 3. The highest BCUT2D eigenvalue weighted by Crippen LogP contribution is 2.36. The molecular weight excluding hydrogens is 449 g/mol. The molecule has 0 bridgehead atoms. The van der Waals surface area contributed by atoms with Crippen molar-refractivity contribution < 1.29 is 27.2 Å². The number of anilines is 1. The Kier molecular flexibility index (Phi) is 7.81. The molecule has 0 unspecified atom stereocenters. The number of hydrogen-bond acceptors (Lipinski definition) is 5. The Hall–Kier alpha value is -2.56. The standard InChI is InChI=1S/C21H24ClF3N4O3/c1-14(18-3-2-10-32-18)26-19(30)12-28-6-8-29(9-7-28)13-20(31)27-15-4-5-17(22)16(11-15)21(23,24)25/h2-5,10-11,14H,6-9,12-13H2,1H3,(H,26,30)(H,27,31)/t14-/m0/s1. The van der Waals surface area contributed by atoms with Gasteiger partial charge in [0.1, 0.15) is 5.76 Å². The third kappa shape index (κ3) is 6.72. The Morgan fingerprint density at radius 3 is 2.28 bits per heavy atom. The molecule has 1 aromatic heterocycles. The number of carbonyl (C=O) groups is 2. The van der Waals surface area contributed by atoms with E-state index in [1.54, 1.807) is 18.4 Å². The molecule has 174 valence electrons. The van der Waals surface area contributed by atoms with Crippen LogP contribution in [0.4, 0.5) is 18.9 Å². The van der Waals surface area contributed by atoms with E-state index in [4.69, 9.17) is 16.0 Å². The fourth-order valence-corrected chi connectivity index (χ4v) is 3.65. The van der Waals surface area contributed by atoms with Gasteiger partial charge in [-0.05, 0) is 37.3 Å². The fourth-order valence-electron chi connectivity index (χ4n) is 3.43. The maximum atomic E-state index is 13.0. The van der Waals surface area contributed by atoms with Gasteiger partial charge in [0.05, 0.1) is 36.0 Å². The van der Waals surface area contributed by atoms with Crippen molar-refractivity contribution in [2.24, 2.45) is 0 Å². The molecule has 0 saturated carbocycles. The first kappa shape index (κ1) is 24.1. The zero-order chi connectivity index (χ0) is 23.3. The Labute approximate surface area is 188 Å². The minimum absolute atomic E-state index is 0.0349. The molecule has 3 rings (SSSR count). The summed E-state index contributed by atoms with van der Waals surface area (Å²) in [6, 6.07) is 6.58. The average Bonchev–Trinajstić information content (AvgIpc) is 3.25. The molecule has 1 aliphatic rings. The number of piperazine rings is 1. The first-order chi connectivity index (χ1) is 15.1. The fraction of sp³-hybridized carbons (Fsp3) is 0.429. The molecule has 1 saturated heterocycles. The molecule has 2 amide bonds. The predicted molar refractivity (Wildman–Crippen MR) is 113 cm³/mol. The van der Waals surface area contributed by atoms with E-state index < -0.39 is 22.7 Å². The topological polar surface area (TPSA) is 77.8 Å². The highest BCUT2D eigenvalue weighted by atomic mass is 35.5. The van der Waals surface area contributed by atoms with Gasteiger partial charge in [0.25, 0.3) is 0 Å². The molecule has 2 N–H and O–H groups in total. The highest BCUT2D eigenvalue weighted by Gasteiger charge is 2.33. The van der Waals surface area contributed by atoms with Gasteiger partial charge in [-0.15, -0.1) is 0 Å². The number of furan rings is 1. The summed E-state index contributed by atoms with van der Waals surface area (Å²) in [4.78, 5) is 28.4. The average molecular weight is 473 g/mol. The van der Waals surface area contributed by atoms with E-state index in [1.807, 2.05) is 16.7 Å². The number of nitrogens with zero attached hydrogens (tertiary/aromatic N) is 2. The van der Waals surface area contributed by atoms with E-state index in [2.05, 4.69) is 10.6 Å². The van der Waals surface area contributed by atoms with Crippen molar-refractivity contribution in [3.8, 4) is 0 Å². The first-order valence-electron chi connectivity index (χ1n) is 10.1. The smallest absolute Gasteiger partial charge is 0.417 e. The summed E-state index contributed by atoms with van der Waals surface area (Å²) >= 11 is 5.60. The van der Waals surface area contributed by atoms with Crippen molar-refractivity contribution in [2.45, 2.75) is 19.1 Å². The van der Waals surface area contributed by atoms with Crippen LogP contribution in [-0.4, -0.2) is 60.9 Å². The van der Waals surface area contributed by atoms with Crippen molar-refractivity contribution in [1.82, 2.24) is 15.1 Å². The summed E-state index contributed by atoms with van der Waals surface area (Å²) in [5.74, 6) is 0.138. The van der Waals surface area contributed by atoms with Crippen LogP contribution in [0.1, 0.15) is 24.3 Å². The minimum atomic E-state index is -4.60. The zero-order valence-corrected chi connectivity index (χ0v) is 18.2. The van der Waals surface area contributed by atoms with Gasteiger partial charge in [0.15, 0.2) is 0 Å². The zero-order valence-electron chi connectivity index (χ0n) is 17.4. The normalized spacial score (nSPS) is 16.5. The van der Waals surface area contributed by atoms with Crippen LogP contribution >= 0.6 is 11.6 Å². The number of rotatable bonds is 7. The Bertz CT molecular complexity index is 929. The van der Waals surface area contributed by atoms with Gasteiger partial charge in [0.2, 0.25) is 11.8 Å². The Morgan fingerprint density at radius 2 is 1.72 bits per heavy atom. The van der Waals surface area contributed by atoms with Crippen molar-refractivity contribution in [2.75, 3.05) is 44.6 Å². The van der Waals surface area contributed by atoms with Crippen LogP contribution in [0.2, 0.25) is 5.02 Å². The molecule has 0 aliphatic carbocycles. The predicted octanol–water partition coefficient (Wildman–Crippen LogP) is 3.39. The lowest BCUT2D eigenvalue weighted by Crippen LogP contribution is -2.51. The summed E-state index contributed by atoms with van der Waals surface area (Å²) in [6.07, 6.45) is -3.05. The van der Waals surface area contributed by atoms with Gasteiger partial charge in [-0.1, -0.05) is 11.6 Å². The van der Waals surface area contributed by atoms with Gasteiger partial charge < -0.3 is 15.1 Å². The number of carbonyl (C=O) groups excluding carboxylic acids is 2. The summed E-state index contributed by atoms with van der Waals surface area (Å²) in [5, 5.41) is 4.94. The third-order valence-corrected chi connectivity index (χ3v) is 5.43. The van der Waals surface area contributed by atoms with E-state index in [9.17, 15) is 22.8 Å². The Balaban J connectivity index is 1.42. The lowest BCUT2D eigenvalue weighted by molar-refractivity contribution is -0.137. The van der Waals surface area contributed by atoms with Crippen LogP contribution in [0.25, 0.3) is 0 Å². The first-order valence-corrected chi connectivity index (χ1v) is 10.4. The summed E-state index contributed by atoms with van der Waals surface area (Å²) in [7, 11) is 0. The van der Waals surface area contributed by atoms with Crippen LogP contribution < -0.4 is 10.6 Å². The maximum absolute atomic E-state index is 13.0. The highest BCUT2D eigenvalue weighted by molar-refractivity contribution is 6.31. The summed E-state index contributed by atoms with van der Waals surface area (Å²) < 4.78 is 44.2. The van der Waals surface area contributed by atoms with Gasteiger partial charge in [-0.25, -0.2) is 0 Å². The second-order valence-corrected chi connectivity index (χ2v) is 8.00. The van der Waals surface area contributed by atoms with Crippen molar-refractivity contribution in [3.63, 3.8) is 0 Å². The molecule has 7 nitrogen and oxygen atoms in total. The molecule has 2 heterocycles. The van der Waals surface area contributed by atoms with Crippen molar-refractivity contribution in [1.29, 1.82) is 0 Å². The van der Waals surface area contributed by atoms with Gasteiger partial charge in [0, 0.05) is 31.9 Å². The van der Waals surface area contributed by atoms with Gasteiger partial charge >= 0.3 is 6.18 Å². The van der Waals surface area contributed by atoms with Crippen LogP contribution in [0.15, 0.2) is 41.0 Å². The van der Waals surface area contributed by atoms with Crippen molar-refractivity contribution >= 4 is 29.1 Å². The lowest BCUT2D eigenvalue weighted by atomic mass is 10.2. The number of benzene rings is 1. The maximum Gasteiger partial charge on any atom is 0.417 e. The van der Waals surface area contributed by atoms with E-state index >= 15 is 0 Å². The van der Waals surface area contributed by atoms with Gasteiger partial charge in [-0.3, -0.25) is 19.4 Å². The molecule has 11 heteroatoms. The molecule has 2 aromatic rings. The number of nitrogens with one attached hydrogen (secondary N) is 2. The molecule has 0 spiro atoms. The molecular formula is C21H24ClF3N4O3. The number of amides is 2. The second-order valence-electron chi connectivity index (χ2n) is 7.60. The second kappa shape index (κ2) is 10.4. The van der Waals surface area contributed by atoms with E-state index in [0.717, 1.165) is 12.1 Å². The molecule has 1 aromatic carbocycles. The molecule has 1 aliphatic heterocycles. The minimum Gasteiger partial charge on any atom is -0.467 e. The van der Waals surface area contributed by atoms with Crippen molar-refractivity contribution in [3.05, 3.63) is 52.9 Å². The Morgan fingerprint density at radius 1 is 1.09 bits per heavy atom. The van der Waals surface area contributed by atoms with Crippen LogP contribution in [0.5, 0.6) is 0 Å². The summed E-state index contributed by atoms with van der Waals surface area (Å²) in [6.45, 7) is 4.41. The van der Waals surface area contributed by atoms with E-state index in [-0.39, 0.29) is 30.7 Å². The third-order valence-electron chi connectivity index (χ3n) is 5.10. The summed E-state index contributed by atoms with van der Waals surface area (Å²) in [5.41, 5.74) is -0.960. The molecule has 0 radical (unpaired) electrons. The quantitative estimate of drug-likeness (QED) is 0.646. The van der Waals surface area contributed by atoms with E-state index in [0.29, 0.717) is 31.9 Å². The lowest BCUT2D eigenvalue weighted by Gasteiger charge is -2.34. The number of hydrogen-bond donors (Lipinski definition) is 2. The van der Waals surface area contributed by atoms with E-state index in [1.165, 1.54) is 6.07 Å². The molecule has 32 heavy (non-hydrogen) atoms. The SMILES string of the molecule is C[C@H](NC(=O)CN1CCN(CC(=O)Nc2ccc(Cl)c(C(F)(F)F)c2)CC1)c1ccco1. The molecule has 1 atom stereocenters. The molecule has 1 fully saturated rings. The van der Waals surface area contributed by atoms with Crippen LogP contribution in [0, 0.1) is 0 Å². The van der Waals surface area contributed by atoms with Gasteiger partial charge in [-0.2, -0.15) is 13.2 Å². The van der Waals surface area contributed by atoms with Crippen LogP contribution in [-0.2, 0) is 15.8 Å². The number of halogens is 4. The largest absolute Gasteiger partial charge is 0.467 e.